The van der Waals surface area contributed by atoms with Gasteiger partial charge in [-0.15, -0.1) is 6.58 Å². The number of para-hydroxylation sites is 1. The Balaban J connectivity index is 2.50. The first kappa shape index (κ1) is 19.0. The number of hydrogen-bond donors (Lipinski definition) is 1. The second-order valence-electron chi connectivity index (χ2n) is 5.75. The number of pyridine rings is 1. The number of nitrogens with one attached hydrogen (secondary N) is 1. The molecule has 4 nitrogen and oxygen atoms in total. The van der Waals surface area contributed by atoms with E-state index in [4.69, 9.17) is 16.3 Å². The molecule has 2 rings (SSSR count). The van der Waals surface area contributed by atoms with Gasteiger partial charge in [0.1, 0.15) is 5.75 Å². The Hall–Kier alpha value is -2.33. The van der Waals surface area contributed by atoms with E-state index in [9.17, 15) is 4.79 Å². The van der Waals surface area contributed by atoms with Crippen LogP contribution in [0.1, 0.15) is 39.8 Å². The molecular formula is C20H23ClN2O2. The van der Waals surface area contributed by atoms with Gasteiger partial charge in [-0.1, -0.05) is 36.7 Å². The lowest BCUT2D eigenvalue weighted by atomic mass is 10.0. The molecule has 0 saturated carbocycles. The van der Waals surface area contributed by atoms with Gasteiger partial charge in [0, 0.05) is 5.69 Å². The molecule has 132 valence electrons. The van der Waals surface area contributed by atoms with E-state index in [2.05, 4.69) is 16.9 Å². The molecule has 0 aliphatic rings. The van der Waals surface area contributed by atoms with Gasteiger partial charge in [0.25, 0.3) is 5.91 Å². The first-order valence-electron chi connectivity index (χ1n) is 8.18. The summed E-state index contributed by atoms with van der Waals surface area (Å²) in [4.78, 5) is 17.4. The molecule has 1 heterocycles. The Morgan fingerprint density at radius 1 is 1.36 bits per heavy atom. The summed E-state index contributed by atoms with van der Waals surface area (Å²) in [6, 6.07) is 5.68. The highest BCUT2D eigenvalue weighted by Gasteiger charge is 2.21. The molecule has 5 heteroatoms. The number of aromatic nitrogens is 1. The minimum atomic E-state index is -0.292. The van der Waals surface area contributed by atoms with Crippen molar-refractivity contribution in [3.05, 3.63) is 64.0 Å². The molecule has 0 aliphatic heterocycles. The van der Waals surface area contributed by atoms with Crippen molar-refractivity contribution in [1.29, 1.82) is 0 Å². The standard InChI is InChI=1S/C20H23ClN2O2/c1-6-9-15-12(3)22-13(4)17(18(15)21)20(24)23-19-14(7-2)10-8-11-16(19)25-5/h6,8,10-11H,1,7,9H2,2-5H3,(H,23,24). The van der Waals surface area contributed by atoms with Crippen LogP contribution in [0, 0.1) is 13.8 Å². The molecule has 1 aromatic heterocycles. The van der Waals surface area contributed by atoms with Crippen LogP contribution in [0.3, 0.4) is 0 Å². The first-order valence-corrected chi connectivity index (χ1v) is 8.56. The predicted octanol–water partition coefficient (Wildman–Crippen LogP) is 4.90. The maximum atomic E-state index is 12.9. The van der Waals surface area contributed by atoms with E-state index in [0.29, 0.717) is 34.1 Å². The molecular weight excluding hydrogens is 336 g/mol. The minimum absolute atomic E-state index is 0.292. The monoisotopic (exact) mass is 358 g/mol. The van der Waals surface area contributed by atoms with E-state index in [1.165, 1.54) is 0 Å². The van der Waals surface area contributed by atoms with Gasteiger partial charge < -0.3 is 10.1 Å². The number of halogens is 1. The number of aryl methyl sites for hydroxylation is 3. The molecule has 1 amide bonds. The number of anilines is 1. The van der Waals surface area contributed by atoms with Gasteiger partial charge in [0.15, 0.2) is 0 Å². The number of hydrogen-bond acceptors (Lipinski definition) is 3. The SMILES string of the molecule is C=CCc1c(C)nc(C)c(C(=O)Nc2c(CC)cccc2OC)c1Cl. The fourth-order valence-corrected chi connectivity index (χ4v) is 3.28. The second kappa shape index (κ2) is 8.17. The summed E-state index contributed by atoms with van der Waals surface area (Å²) < 4.78 is 5.39. The van der Waals surface area contributed by atoms with Crippen molar-refractivity contribution < 1.29 is 9.53 Å². The Labute approximate surface area is 153 Å². The van der Waals surface area contributed by atoms with Gasteiger partial charge in [0.2, 0.25) is 0 Å². The molecule has 1 N–H and O–H groups in total. The summed E-state index contributed by atoms with van der Waals surface area (Å²) in [6.07, 6.45) is 3.09. The lowest BCUT2D eigenvalue weighted by Crippen LogP contribution is -2.18. The number of benzene rings is 1. The van der Waals surface area contributed by atoms with Crippen molar-refractivity contribution >= 4 is 23.2 Å². The van der Waals surface area contributed by atoms with Crippen LogP contribution in [0.5, 0.6) is 5.75 Å². The van der Waals surface area contributed by atoms with Crippen LogP contribution < -0.4 is 10.1 Å². The van der Waals surface area contributed by atoms with Crippen molar-refractivity contribution in [2.45, 2.75) is 33.6 Å². The number of rotatable bonds is 6. The highest BCUT2D eigenvalue weighted by Crippen LogP contribution is 2.31. The minimum Gasteiger partial charge on any atom is -0.495 e. The molecule has 0 atom stereocenters. The van der Waals surface area contributed by atoms with Gasteiger partial charge in [-0.3, -0.25) is 9.78 Å². The van der Waals surface area contributed by atoms with Crippen LogP contribution in [-0.4, -0.2) is 18.0 Å². The third-order valence-corrected chi connectivity index (χ3v) is 4.56. The summed E-state index contributed by atoms with van der Waals surface area (Å²) in [6.45, 7) is 9.44. The largest absolute Gasteiger partial charge is 0.495 e. The zero-order valence-corrected chi connectivity index (χ0v) is 15.8. The molecule has 0 unspecified atom stereocenters. The Morgan fingerprint density at radius 2 is 2.08 bits per heavy atom. The van der Waals surface area contributed by atoms with E-state index < -0.39 is 0 Å². The molecule has 0 saturated heterocycles. The summed E-state index contributed by atoms with van der Waals surface area (Å²) in [5.41, 5.74) is 4.28. The average molecular weight is 359 g/mol. The van der Waals surface area contributed by atoms with E-state index in [1.807, 2.05) is 32.0 Å². The molecule has 0 fully saturated rings. The fourth-order valence-electron chi connectivity index (χ4n) is 2.85. The number of carbonyl (C=O) groups is 1. The molecule has 0 aliphatic carbocycles. The number of allylic oxidation sites excluding steroid dienone is 1. The number of ether oxygens (including phenoxy) is 1. The molecule has 25 heavy (non-hydrogen) atoms. The fraction of sp³-hybridized carbons (Fsp3) is 0.300. The maximum absolute atomic E-state index is 12.9. The van der Waals surface area contributed by atoms with Gasteiger partial charge in [0.05, 0.1) is 29.1 Å². The van der Waals surface area contributed by atoms with Crippen molar-refractivity contribution in [3.8, 4) is 5.75 Å². The first-order chi connectivity index (χ1) is 11.9. The van der Waals surface area contributed by atoms with Crippen LogP contribution in [-0.2, 0) is 12.8 Å². The molecule has 2 aromatic rings. The third kappa shape index (κ3) is 3.85. The van der Waals surface area contributed by atoms with Crippen LogP contribution in [0.25, 0.3) is 0 Å². The van der Waals surface area contributed by atoms with E-state index >= 15 is 0 Å². The summed E-state index contributed by atoms with van der Waals surface area (Å²) in [5, 5.41) is 3.38. The van der Waals surface area contributed by atoms with Gasteiger partial charge in [-0.05, 0) is 43.9 Å². The number of amides is 1. The van der Waals surface area contributed by atoms with Gasteiger partial charge in [-0.25, -0.2) is 0 Å². The second-order valence-corrected chi connectivity index (χ2v) is 6.12. The van der Waals surface area contributed by atoms with Crippen molar-refractivity contribution in [2.24, 2.45) is 0 Å². The summed E-state index contributed by atoms with van der Waals surface area (Å²) in [7, 11) is 1.58. The van der Waals surface area contributed by atoms with Crippen LogP contribution in [0.4, 0.5) is 5.69 Å². The van der Waals surface area contributed by atoms with E-state index in [1.54, 1.807) is 20.1 Å². The Bertz CT molecular complexity index is 794. The zero-order chi connectivity index (χ0) is 18.6. The highest BCUT2D eigenvalue weighted by atomic mass is 35.5. The highest BCUT2D eigenvalue weighted by molar-refractivity contribution is 6.35. The number of nitrogens with zero attached hydrogens (tertiary/aromatic N) is 1. The smallest absolute Gasteiger partial charge is 0.259 e. The summed E-state index contributed by atoms with van der Waals surface area (Å²) in [5.74, 6) is 0.326. The van der Waals surface area contributed by atoms with Gasteiger partial charge in [-0.2, -0.15) is 0 Å². The molecule has 0 radical (unpaired) electrons. The van der Waals surface area contributed by atoms with Gasteiger partial charge >= 0.3 is 0 Å². The molecule has 1 aromatic carbocycles. The van der Waals surface area contributed by atoms with Crippen LogP contribution in [0.15, 0.2) is 30.9 Å². The van der Waals surface area contributed by atoms with E-state index in [0.717, 1.165) is 23.2 Å². The number of methoxy groups -OCH3 is 1. The van der Waals surface area contributed by atoms with Crippen molar-refractivity contribution in [2.75, 3.05) is 12.4 Å². The zero-order valence-electron chi connectivity index (χ0n) is 15.1. The predicted molar refractivity (Wildman–Crippen MR) is 103 cm³/mol. The summed E-state index contributed by atoms with van der Waals surface area (Å²) >= 11 is 6.53. The molecule has 0 spiro atoms. The van der Waals surface area contributed by atoms with Crippen LogP contribution in [0.2, 0.25) is 5.02 Å². The van der Waals surface area contributed by atoms with Crippen molar-refractivity contribution in [3.63, 3.8) is 0 Å². The Morgan fingerprint density at radius 3 is 2.68 bits per heavy atom. The topological polar surface area (TPSA) is 51.2 Å². The lowest BCUT2D eigenvalue weighted by molar-refractivity contribution is 0.102. The van der Waals surface area contributed by atoms with Crippen molar-refractivity contribution in [1.82, 2.24) is 4.98 Å². The van der Waals surface area contributed by atoms with Crippen LogP contribution >= 0.6 is 11.6 Å². The van der Waals surface area contributed by atoms with E-state index in [-0.39, 0.29) is 5.91 Å². The third-order valence-electron chi connectivity index (χ3n) is 4.15. The number of carbonyl (C=O) groups excluding carboxylic acids is 1. The molecule has 0 bridgehead atoms. The Kier molecular flexibility index (Phi) is 6.21. The maximum Gasteiger partial charge on any atom is 0.259 e. The quantitative estimate of drug-likeness (QED) is 0.747. The normalized spacial score (nSPS) is 10.4. The average Bonchev–Trinajstić information content (AvgIpc) is 2.58. The lowest BCUT2D eigenvalue weighted by Gasteiger charge is -2.17.